The van der Waals surface area contributed by atoms with E-state index in [4.69, 9.17) is 11.6 Å². The van der Waals surface area contributed by atoms with Crippen molar-refractivity contribution in [2.24, 2.45) is 0 Å². The van der Waals surface area contributed by atoms with Gasteiger partial charge in [-0.05, 0) is 48.2 Å². The van der Waals surface area contributed by atoms with Crippen LogP contribution in [0.4, 0.5) is 11.5 Å². The van der Waals surface area contributed by atoms with E-state index in [1.807, 2.05) is 66.7 Å². The van der Waals surface area contributed by atoms with Crippen molar-refractivity contribution in [2.75, 3.05) is 17.2 Å². The minimum absolute atomic E-state index is 0.0326. The van der Waals surface area contributed by atoms with Gasteiger partial charge in [-0.2, -0.15) is 0 Å². The molecule has 2 N–H and O–H groups in total. The molecule has 0 saturated carbocycles. The van der Waals surface area contributed by atoms with Crippen LogP contribution in [0.15, 0.2) is 72.9 Å². The van der Waals surface area contributed by atoms with Crippen LogP contribution in [0, 0.1) is 0 Å². The first-order valence-corrected chi connectivity index (χ1v) is 9.35. The zero-order valence-corrected chi connectivity index (χ0v) is 15.7. The lowest BCUT2D eigenvalue weighted by Gasteiger charge is -2.08. The first-order valence-electron chi connectivity index (χ1n) is 8.97. The molecule has 1 aromatic heterocycles. The Hall–Kier alpha value is -2.85. The van der Waals surface area contributed by atoms with Crippen LogP contribution in [0.3, 0.4) is 0 Å². The highest BCUT2D eigenvalue weighted by atomic mass is 35.5. The third kappa shape index (κ3) is 6.42. The van der Waals surface area contributed by atoms with Gasteiger partial charge in [0.05, 0.1) is 11.9 Å². The highest BCUT2D eigenvalue weighted by molar-refractivity contribution is 6.30. The van der Waals surface area contributed by atoms with E-state index in [1.165, 1.54) is 5.56 Å². The predicted octanol–water partition coefficient (Wildman–Crippen LogP) is 4.96. The van der Waals surface area contributed by atoms with Gasteiger partial charge in [0.2, 0.25) is 5.91 Å². The number of aromatic nitrogens is 1. The number of anilines is 2. The summed E-state index contributed by atoms with van der Waals surface area (Å²) in [6.07, 6.45) is 3.79. The van der Waals surface area contributed by atoms with Crippen LogP contribution in [0.1, 0.15) is 17.5 Å². The lowest BCUT2D eigenvalue weighted by molar-refractivity contribution is -0.116. The Labute approximate surface area is 164 Å². The van der Waals surface area contributed by atoms with E-state index in [1.54, 1.807) is 6.20 Å². The molecule has 0 radical (unpaired) electrons. The molecular weight excluding hydrogens is 358 g/mol. The molecule has 0 fully saturated rings. The molecule has 0 aliphatic heterocycles. The molecule has 0 spiro atoms. The number of carbonyl (C=O) groups excluding carboxylic acids is 1. The number of amides is 1. The number of carbonyl (C=O) groups is 1. The number of nitrogens with one attached hydrogen (secondary N) is 2. The van der Waals surface area contributed by atoms with Crippen LogP contribution >= 0.6 is 11.6 Å². The molecule has 0 bridgehead atoms. The van der Waals surface area contributed by atoms with E-state index in [9.17, 15) is 4.79 Å². The van der Waals surface area contributed by atoms with Gasteiger partial charge in [-0.25, -0.2) is 4.98 Å². The molecule has 1 amide bonds. The van der Waals surface area contributed by atoms with Crippen LogP contribution < -0.4 is 10.6 Å². The molecule has 138 valence electrons. The maximum Gasteiger partial charge on any atom is 0.225 e. The Balaban J connectivity index is 1.41. The second-order valence-electron chi connectivity index (χ2n) is 6.27. The third-order valence-electron chi connectivity index (χ3n) is 4.17. The minimum Gasteiger partial charge on any atom is -0.383 e. The summed E-state index contributed by atoms with van der Waals surface area (Å²) in [5.74, 6) is 0.533. The van der Waals surface area contributed by atoms with Crippen molar-refractivity contribution in [3.8, 4) is 0 Å². The van der Waals surface area contributed by atoms with Gasteiger partial charge >= 0.3 is 0 Å². The van der Waals surface area contributed by atoms with E-state index < -0.39 is 0 Å². The summed E-state index contributed by atoms with van der Waals surface area (Å²) < 4.78 is 0. The van der Waals surface area contributed by atoms with Crippen LogP contribution in [-0.2, 0) is 17.6 Å². The van der Waals surface area contributed by atoms with Crippen LogP contribution in [-0.4, -0.2) is 17.4 Å². The Kier molecular flexibility index (Phi) is 6.83. The fraction of sp³-hybridized carbons (Fsp3) is 0.182. The second kappa shape index (κ2) is 9.74. The number of hydrogen-bond donors (Lipinski definition) is 2. The van der Waals surface area contributed by atoms with E-state index >= 15 is 0 Å². The van der Waals surface area contributed by atoms with E-state index in [0.717, 1.165) is 35.7 Å². The smallest absolute Gasteiger partial charge is 0.225 e. The molecule has 27 heavy (non-hydrogen) atoms. The first-order chi connectivity index (χ1) is 13.2. The highest BCUT2D eigenvalue weighted by Gasteiger charge is 2.04. The fourth-order valence-electron chi connectivity index (χ4n) is 2.68. The Morgan fingerprint density at radius 3 is 2.33 bits per heavy atom. The molecule has 3 rings (SSSR count). The number of nitrogens with zero attached hydrogens (tertiary/aromatic N) is 1. The summed E-state index contributed by atoms with van der Waals surface area (Å²) in [6.45, 7) is 0.798. The third-order valence-corrected chi connectivity index (χ3v) is 4.42. The van der Waals surface area contributed by atoms with E-state index in [0.29, 0.717) is 12.2 Å². The largest absolute Gasteiger partial charge is 0.383 e. The molecule has 0 aliphatic carbocycles. The number of rotatable bonds is 8. The zero-order chi connectivity index (χ0) is 18.9. The van der Waals surface area contributed by atoms with Crippen LogP contribution in [0.2, 0.25) is 5.02 Å². The lowest BCUT2D eigenvalue weighted by Crippen LogP contribution is -2.13. The normalized spacial score (nSPS) is 10.4. The average Bonchev–Trinajstić information content (AvgIpc) is 2.70. The van der Waals surface area contributed by atoms with Gasteiger partial charge < -0.3 is 10.6 Å². The Bertz CT molecular complexity index is 849. The summed E-state index contributed by atoms with van der Waals surface area (Å²) >= 11 is 5.89. The summed E-state index contributed by atoms with van der Waals surface area (Å²) in [7, 11) is 0. The summed E-state index contributed by atoms with van der Waals surface area (Å²) in [6, 6.07) is 21.5. The van der Waals surface area contributed by atoms with E-state index in [2.05, 4.69) is 15.6 Å². The Morgan fingerprint density at radius 2 is 1.63 bits per heavy atom. The molecule has 2 aromatic carbocycles. The van der Waals surface area contributed by atoms with E-state index in [-0.39, 0.29) is 5.91 Å². The molecule has 0 atom stereocenters. The SMILES string of the molecule is O=C(CCc1ccccc1)Nc1ccc(NCCc2ccc(Cl)cc2)cn1. The van der Waals surface area contributed by atoms with Gasteiger partial charge in [-0.15, -0.1) is 0 Å². The maximum absolute atomic E-state index is 12.0. The average molecular weight is 380 g/mol. The van der Waals surface area contributed by atoms with Crippen LogP contribution in [0.5, 0.6) is 0 Å². The number of aryl methyl sites for hydroxylation is 1. The number of halogens is 1. The molecule has 3 aromatic rings. The van der Waals surface area contributed by atoms with Gasteiger partial charge in [0.15, 0.2) is 0 Å². The molecular formula is C22H22ClN3O. The van der Waals surface area contributed by atoms with Crippen LogP contribution in [0.25, 0.3) is 0 Å². The van der Waals surface area contributed by atoms with Crippen molar-refractivity contribution >= 4 is 29.0 Å². The van der Waals surface area contributed by atoms with Gasteiger partial charge in [-0.1, -0.05) is 54.1 Å². The van der Waals surface area contributed by atoms with Crippen molar-refractivity contribution in [2.45, 2.75) is 19.3 Å². The summed E-state index contributed by atoms with van der Waals surface area (Å²) in [4.78, 5) is 16.3. The number of pyridine rings is 1. The molecule has 0 saturated heterocycles. The van der Waals surface area contributed by atoms with Crippen molar-refractivity contribution in [3.05, 3.63) is 89.1 Å². The van der Waals surface area contributed by atoms with Gasteiger partial charge in [0.25, 0.3) is 0 Å². The van der Waals surface area contributed by atoms with Gasteiger partial charge in [0.1, 0.15) is 5.82 Å². The molecule has 5 heteroatoms. The Morgan fingerprint density at radius 1 is 0.889 bits per heavy atom. The number of hydrogen-bond acceptors (Lipinski definition) is 3. The van der Waals surface area contributed by atoms with Gasteiger partial charge in [0, 0.05) is 18.0 Å². The van der Waals surface area contributed by atoms with Crippen molar-refractivity contribution in [3.63, 3.8) is 0 Å². The first kappa shape index (κ1) is 18.9. The van der Waals surface area contributed by atoms with Gasteiger partial charge in [-0.3, -0.25) is 4.79 Å². The fourth-order valence-corrected chi connectivity index (χ4v) is 2.81. The quantitative estimate of drug-likeness (QED) is 0.581. The molecule has 0 unspecified atom stereocenters. The predicted molar refractivity (Wildman–Crippen MR) is 111 cm³/mol. The monoisotopic (exact) mass is 379 g/mol. The van der Waals surface area contributed by atoms with Crippen molar-refractivity contribution in [1.82, 2.24) is 4.98 Å². The number of benzene rings is 2. The highest BCUT2D eigenvalue weighted by Crippen LogP contribution is 2.12. The second-order valence-corrected chi connectivity index (χ2v) is 6.71. The van der Waals surface area contributed by atoms with Crippen molar-refractivity contribution < 1.29 is 4.79 Å². The van der Waals surface area contributed by atoms with Crippen molar-refractivity contribution in [1.29, 1.82) is 0 Å². The maximum atomic E-state index is 12.0. The summed E-state index contributed by atoms with van der Waals surface area (Å²) in [5, 5.41) is 6.91. The molecule has 1 heterocycles. The minimum atomic E-state index is -0.0326. The summed E-state index contributed by atoms with van der Waals surface area (Å²) in [5.41, 5.74) is 3.30. The molecule has 0 aliphatic rings. The standard InChI is InChI=1S/C22H22ClN3O/c23-19-9-6-18(7-10-19)14-15-24-20-11-12-21(25-16-20)26-22(27)13-8-17-4-2-1-3-5-17/h1-7,9-12,16,24H,8,13-15H2,(H,25,26,27). The zero-order valence-electron chi connectivity index (χ0n) is 15.0. The lowest BCUT2D eigenvalue weighted by atomic mass is 10.1. The molecule has 4 nitrogen and oxygen atoms in total. The topological polar surface area (TPSA) is 54.0 Å².